The van der Waals surface area contributed by atoms with Crippen molar-refractivity contribution in [2.24, 2.45) is 5.41 Å². The Balaban J connectivity index is 2.51. The highest BCUT2D eigenvalue weighted by Crippen LogP contribution is 2.46. The van der Waals surface area contributed by atoms with E-state index in [2.05, 4.69) is 0 Å². The standard InChI is InChI=1S/C24H30O6/c1-7-16-21(26)20(22(27)24(8-2,9-3)23(16)30-6)17(25)12-10-15-11-13-18(28-4)19(14-15)29-5/h10-14,26H,7-9H2,1-6H3/b12-10+. The van der Waals surface area contributed by atoms with Gasteiger partial charge in [-0.05, 0) is 43.0 Å². The number of aliphatic hydroxyl groups excluding tert-OH is 1. The summed E-state index contributed by atoms with van der Waals surface area (Å²) >= 11 is 0. The van der Waals surface area contributed by atoms with Gasteiger partial charge in [0.15, 0.2) is 23.1 Å². The minimum absolute atomic E-state index is 0.187. The van der Waals surface area contributed by atoms with Crippen molar-refractivity contribution in [1.82, 2.24) is 0 Å². The van der Waals surface area contributed by atoms with Gasteiger partial charge >= 0.3 is 0 Å². The summed E-state index contributed by atoms with van der Waals surface area (Å²) in [6.07, 6.45) is 4.27. The summed E-state index contributed by atoms with van der Waals surface area (Å²) in [4.78, 5) is 26.4. The van der Waals surface area contributed by atoms with Crippen LogP contribution in [0.5, 0.6) is 11.5 Å². The van der Waals surface area contributed by atoms with Gasteiger partial charge in [0.25, 0.3) is 0 Å². The van der Waals surface area contributed by atoms with E-state index in [4.69, 9.17) is 14.2 Å². The maximum atomic E-state index is 13.4. The molecule has 0 aliphatic heterocycles. The first-order valence-corrected chi connectivity index (χ1v) is 10.0. The maximum absolute atomic E-state index is 13.4. The van der Waals surface area contributed by atoms with Crippen LogP contribution >= 0.6 is 0 Å². The van der Waals surface area contributed by atoms with Crippen LogP contribution in [0.1, 0.15) is 45.6 Å². The number of carbonyl (C=O) groups excluding carboxylic acids is 2. The van der Waals surface area contributed by atoms with E-state index in [1.54, 1.807) is 31.4 Å². The zero-order chi connectivity index (χ0) is 22.5. The fourth-order valence-electron chi connectivity index (χ4n) is 3.98. The summed E-state index contributed by atoms with van der Waals surface area (Å²) in [5, 5.41) is 10.8. The number of aliphatic hydroxyl groups is 1. The lowest BCUT2D eigenvalue weighted by Gasteiger charge is -2.37. The Bertz CT molecular complexity index is 916. The first-order valence-electron chi connectivity index (χ1n) is 10.0. The summed E-state index contributed by atoms with van der Waals surface area (Å²) in [7, 11) is 4.57. The van der Waals surface area contributed by atoms with Crippen molar-refractivity contribution in [1.29, 1.82) is 0 Å². The summed E-state index contributed by atoms with van der Waals surface area (Å²) in [5.74, 6) is 0.321. The van der Waals surface area contributed by atoms with Gasteiger partial charge < -0.3 is 19.3 Å². The van der Waals surface area contributed by atoms with Gasteiger partial charge in [0, 0.05) is 5.57 Å². The van der Waals surface area contributed by atoms with Gasteiger partial charge in [0.1, 0.15) is 17.1 Å². The van der Waals surface area contributed by atoms with Gasteiger partial charge in [-0.3, -0.25) is 9.59 Å². The van der Waals surface area contributed by atoms with Gasteiger partial charge in [-0.1, -0.05) is 32.9 Å². The van der Waals surface area contributed by atoms with E-state index in [0.717, 1.165) is 0 Å². The average Bonchev–Trinajstić information content (AvgIpc) is 2.77. The lowest BCUT2D eigenvalue weighted by atomic mass is 9.68. The number of carbonyl (C=O) groups is 2. The minimum atomic E-state index is -0.950. The fourth-order valence-corrected chi connectivity index (χ4v) is 3.98. The van der Waals surface area contributed by atoms with Gasteiger partial charge in [0.05, 0.1) is 26.7 Å². The molecule has 0 radical (unpaired) electrons. The van der Waals surface area contributed by atoms with Gasteiger partial charge in [-0.2, -0.15) is 0 Å². The van der Waals surface area contributed by atoms with Crippen LogP contribution in [0.4, 0.5) is 0 Å². The number of rotatable bonds is 9. The Labute approximate surface area is 177 Å². The molecular weight excluding hydrogens is 384 g/mol. The Morgan fingerprint density at radius 2 is 1.67 bits per heavy atom. The highest BCUT2D eigenvalue weighted by atomic mass is 16.5. The lowest BCUT2D eigenvalue weighted by molar-refractivity contribution is -0.128. The highest BCUT2D eigenvalue weighted by molar-refractivity contribution is 6.28. The van der Waals surface area contributed by atoms with Crippen LogP contribution in [-0.2, 0) is 14.3 Å². The average molecular weight is 414 g/mol. The molecule has 1 aromatic carbocycles. The Hall–Kier alpha value is -3.02. The van der Waals surface area contributed by atoms with Crippen molar-refractivity contribution < 1.29 is 28.9 Å². The molecule has 0 bridgehead atoms. The summed E-state index contributed by atoms with van der Waals surface area (Å²) < 4.78 is 16.0. The highest BCUT2D eigenvalue weighted by Gasteiger charge is 2.49. The van der Waals surface area contributed by atoms with Crippen LogP contribution in [-0.4, -0.2) is 38.0 Å². The van der Waals surface area contributed by atoms with Crippen LogP contribution in [0, 0.1) is 5.41 Å². The van der Waals surface area contributed by atoms with E-state index >= 15 is 0 Å². The molecule has 162 valence electrons. The predicted molar refractivity (Wildman–Crippen MR) is 116 cm³/mol. The van der Waals surface area contributed by atoms with Crippen LogP contribution in [0.2, 0.25) is 0 Å². The molecule has 0 aromatic heterocycles. The molecule has 0 atom stereocenters. The maximum Gasteiger partial charge on any atom is 0.193 e. The molecule has 30 heavy (non-hydrogen) atoms. The van der Waals surface area contributed by atoms with E-state index in [-0.39, 0.29) is 11.3 Å². The van der Waals surface area contributed by atoms with Crippen molar-refractivity contribution in [2.75, 3.05) is 21.3 Å². The van der Waals surface area contributed by atoms with Crippen LogP contribution < -0.4 is 9.47 Å². The molecule has 0 amide bonds. The predicted octanol–water partition coefficient (Wildman–Crippen LogP) is 4.80. The molecule has 1 aromatic rings. The zero-order valence-corrected chi connectivity index (χ0v) is 18.5. The molecule has 0 saturated carbocycles. The molecule has 0 fully saturated rings. The first kappa shape index (κ1) is 23.3. The van der Waals surface area contributed by atoms with Crippen LogP contribution in [0.25, 0.3) is 6.08 Å². The van der Waals surface area contributed by atoms with Crippen molar-refractivity contribution >= 4 is 17.6 Å². The molecule has 2 rings (SSSR count). The van der Waals surface area contributed by atoms with Crippen LogP contribution in [0.15, 0.2) is 46.9 Å². The number of hydrogen-bond acceptors (Lipinski definition) is 6. The molecular formula is C24H30O6. The van der Waals surface area contributed by atoms with E-state index in [1.165, 1.54) is 20.3 Å². The molecule has 1 aliphatic rings. The van der Waals surface area contributed by atoms with E-state index < -0.39 is 17.0 Å². The number of Topliss-reactive ketones (excluding diaryl/α,β-unsaturated/α-hetero) is 1. The Morgan fingerprint density at radius 1 is 1.03 bits per heavy atom. The molecule has 1 aliphatic carbocycles. The van der Waals surface area contributed by atoms with Crippen molar-refractivity contribution in [3.05, 3.63) is 52.5 Å². The van der Waals surface area contributed by atoms with Crippen LogP contribution in [0.3, 0.4) is 0 Å². The van der Waals surface area contributed by atoms with Crippen molar-refractivity contribution in [2.45, 2.75) is 40.0 Å². The van der Waals surface area contributed by atoms with Gasteiger partial charge in [-0.25, -0.2) is 0 Å². The van der Waals surface area contributed by atoms with E-state index in [0.29, 0.717) is 47.7 Å². The van der Waals surface area contributed by atoms with E-state index in [1.807, 2.05) is 20.8 Å². The summed E-state index contributed by atoms with van der Waals surface area (Å²) in [6.45, 7) is 5.63. The molecule has 1 N–H and O–H groups in total. The second-order valence-corrected chi connectivity index (χ2v) is 7.02. The second-order valence-electron chi connectivity index (χ2n) is 7.02. The summed E-state index contributed by atoms with van der Waals surface area (Å²) in [6, 6.07) is 5.22. The number of hydrogen-bond donors (Lipinski definition) is 1. The Kier molecular flexibility index (Phi) is 7.48. The number of methoxy groups -OCH3 is 3. The quantitative estimate of drug-likeness (QED) is 0.462. The minimum Gasteiger partial charge on any atom is -0.507 e. The lowest BCUT2D eigenvalue weighted by Crippen LogP contribution is -2.40. The zero-order valence-electron chi connectivity index (χ0n) is 18.5. The number of allylic oxidation sites excluding steroid dienone is 4. The van der Waals surface area contributed by atoms with Gasteiger partial charge in [0.2, 0.25) is 0 Å². The molecule has 0 saturated heterocycles. The smallest absolute Gasteiger partial charge is 0.193 e. The third-order valence-electron chi connectivity index (χ3n) is 5.74. The second kappa shape index (κ2) is 9.65. The Morgan fingerprint density at radius 3 is 2.17 bits per heavy atom. The SMILES string of the molecule is CCC1=C(OC)C(CC)(CC)C(=O)C(C(=O)/C=C/c2ccc(OC)c(OC)c2)=C1O. The molecule has 0 spiro atoms. The number of benzene rings is 1. The molecule has 6 nitrogen and oxygen atoms in total. The molecule has 0 heterocycles. The third kappa shape index (κ3) is 3.86. The summed E-state index contributed by atoms with van der Waals surface area (Å²) in [5.41, 5.74) is 0.0660. The fraction of sp³-hybridized carbons (Fsp3) is 0.417. The normalized spacial score (nSPS) is 16.3. The van der Waals surface area contributed by atoms with Crippen molar-refractivity contribution in [3.8, 4) is 11.5 Å². The monoisotopic (exact) mass is 414 g/mol. The number of ether oxygens (including phenoxy) is 3. The number of ketones is 2. The molecule has 6 heteroatoms. The third-order valence-corrected chi connectivity index (χ3v) is 5.74. The van der Waals surface area contributed by atoms with Crippen molar-refractivity contribution in [3.63, 3.8) is 0 Å². The van der Waals surface area contributed by atoms with E-state index in [9.17, 15) is 14.7 Å². The van der Waals surface area contributed by atoms with Gasteiger partial charge in [-0.15, -0.1) is 0 Å². The largest absolute Gasteiger partial charge is 0.507 e. The topological polar surface area (TPSA) is 82.1 Å². The molecule has 0 unspecified atom stereocenters. The first-order chi connectivity index (χ1) is 14.3.